The summed E-state index contributed by atoms with van der Waals surface area (Å²) in [6.07, 6.45) is 11.0. The summed E-state index contributed by atoms with van der Waals surface area (Å²) in [5.74, 6) is 0.794. The minimum absolute atomic E-state index is 0.794. The molecule has 0 radical (unpaired) electrons. The summed E-state index contributed by atoms with van der Waals surface area (Å²) < 4.78 is 0. The molecule has 18 heavy (non-hydrogen) atoms. The molecule has 0 aromatic heterocycles. The van der Waals surface area contributed by atoms with E-state index in [9.17, 15) is 0 Å². The van der Waals surface area contributed by atoms with Crippen LogP contribution in [0.1, 0.15) is 82.3 Å². The fourth-order valence-electron chi connectivity index (χ4n) is 2.58. The minimum atomic E-state index is 0.794. The molecule has 0 N–H and O–H groups in total. The lowest BCUT2D eigenvalue weighted by Gasteiger charge is -2.17. The topological polar surface area (TPSA) is 0 Å². The van der Waals surface area contributed by atoms with Gasteiger partial charge in [0.15, 0.2) is 0 Å². The maximum Gasteiger partial charge on any atom is -0.0162 e. The van der Waals surface area contributed by atoms with E-state index < -0.39 is 0 Å². The highest BCUT2D eigenvalue weighted by Gasteiger charge is 2.10. The highest BCUT2D eigenvalue weighted by molar-refractivity contribution is 5.24. The average Bonchev–Trinajstić information content (AvgIpc) is 2.39. The maximum absolute atomic E-state index is 2.34. The Balaban J connectivity index is 2.51. The maximum atomic E-state index is 2.34. The van der Waals surface area contributed by atoms with Crippen molar-refractivity contribution in [3.05, 3.63) is 35.4 Å². The van der Waals surface area contributed by atoms with Crippen molar-refractivity contribution in [2.45, 2.75) is 78.1 Å². The van der Waals surface area contributed by atoms with Gasteiger partial charge in [0.25, 0.3) is 0 Å². The number of rotatable bonds is 9. The van der Waals surface area contributed by atoms with Crippen LogP contribution in [0.2, 0.25) is 0 Å². The molecular weight excluding hydrogens is 216 g/mol. The zero-order valence-corrected chi connectivity index (χ0v) is 12.5. The molecule has 0 amide bonds. The van der Waals surface area contributed by atoms with Crippen LogP contribution in [0.15, 0.2) is 24.3 Å². The van der Waals surface area contributed by atoms with E-state index in [-0.39, 0.29) is 0 Å². The Morgan fingerprint density at radius 3 is 2.00 bits per heavy atom. The Morgan fingerprint density at radius 2 is 1.39 bits per heavy atom. The van der Waals surface area contributed by atoms with Gasteiger partial charge in [-0.05, 0) is 31.2 Å². The molecule has 0 aliphatic rings. The molecule has 0 saturated carbocycles. The van der Waals surface area contributed by atoms with Crippen molar-refractivity contribution in [2.75, 3.05) is 0 Å². The summed E-state index contributed by atoms with van der Waals surface area (Å²) in [6, 6.07) is 9.21. The van der Waals surface area contributed by atoms with E-state index in [1.54, 1.807) is 5.56 Å². The highest BCUT2D eigenvalue weighted by Crippen LogP contribution is 2.28. The first-order valence-corrected chi connectivity index (χ1v) is 7.84. The second kappa shape index (κ2) is 9.19. The van der Waals surface area contributed by atoms with Gasteiger partial charge < -0.3 is 0 Å². The molecule has 0 saturated heterocycles. The van der Waals surface area contributed by atoms with Crippen molar-refractivity contribution in [3.8, 4) is 0 Å². The Labute approximate surface area is 114 Å². The molecule has 0 aliphatic heterocycles. The summed E-state index contributed by atoms with van der Waals surface area (Å²) in [6.45, 7) is 6.75. The van der Waals surface area contributed by atoms with Crippen molar-refractivity contribution in [1.82, 2.24) is 0 Å². The number of unbranched alkanes of at least 4 members (excludes halogenated alkanes) is 4. The third-order valence-corrected chi connectivity index (χ3v) is 3.86. The smallest absolute Gasteiger partial charge is 0.0162 e. The van der Waals surface area contributed by atoms with Crippen LogP contribution in [0, 0.1) is 6.92 Å². The van der Waals surface area contributed by atoms with Crippen LogP contribution in [0.4, 0.5) is 0 Å². The molecule has 1 atom stereocenters. The molecule has 1 aromatic rings. The van der Waals surface area contributed by atoms with Crippen LogP contribution < -0.4 is 0 Å². The molecule has 0 nitrogen and oxygen atoms in total. The fourth-order valence-corrected chi connectivity index (χ4v) is 2.58. The molecule has 0 bridgehead atoms. The van der Waals surface area contributed by atoms with Crippen molar-refractivity contribution in [3.63, 3.8) is 0 Å². The van der Waals surface area contributed by atoms with E-state index in [1.807, 2.05) is 0 Å². The third kappa shape index (κ3) is 5.71. The van der Waals surface area contributed by atoms with Gasteiger partial charge in [-0.15, -0.1) is 0 Å². The SMILES string of the molecule is CCCCCCC(CCCC)c1ccc(C)cc1. The Morgan fingerprint density at radius 1 is 0.778 bits per heavy atom. The second-order valence-electron chi connectivity index (χ2n) is 5.60. The lowest BCUT2D eigenvalue weighted by molar-refractivity contribution is 0.509. The van der Waals surface area contributed by atoms with Gasteiger partial charge >= 0.3 is 0 Å². The first-order chi connectivity index (χ1) is 8.77. The number of aryl methyl sites for hydroxylation is 1. The first-order valence-electron chi connectivity index (χ1n) is 7.84. The highest BCUT2D eigenvalue weighted by atomic mass is 14.2. The van der Waals surface area contributed by atoms with Crippen molar-refractivity contribution in [2.24, 2.45) is 0 Å². The summed E-state index contributed by atoms with van der Waals surface area (Å²) >= 11 is 0. The quantitative estimate of drug-likeness (QED) is 0.452. The largest absolute Gasteiger partial charge is 0.0654 e. The molecule has 0 heteroatoms. The molecule has 0 heterocycles. The van der Waals surface area contributed by atoms with Crippen molar-refractivity contribution >= 4 is 0 Å². The van der Waals surface area contributed by atoms with Gasteiger partial charge in [-0.25, -0.2) is 0 Å². The minimum Gasteiger partial charge on any atom is -0.0654 e. The zero-order valence-electron chi connectivity index (χ0n) is 12.5. The summed E-state index contributed by atoms with van der Waals surface area (Å²) in [4.78, 5) is 0. The normalized spacial score (nSPS) is 12.6. The van der Waals surface area contributed by atoms with Crippen LogP contribution in [0.5, 0.6) is 0 Å². The molecule has 0 spiro atoms. The van der Waals surface area contributed by atoms with Gasteiger partial charge in [-0.3, -0.25) is 0 Å². The standard InChI is InChI=1S/C18H30/c1-4-6-8-9-11-17(10-7-5-2)18-14-12-16(3)13-15-18/h12-15,17H,4-11H2,1-3H3. The number of hydrogen-bond donors (Lipinski definition) is 0. The predicted octanol–water partition coefficient (Wildman–Crippen LogP) is 6.24. The number of hydrogen-bond acceptors (Lipinski definition) is 0. The molecule has 102 valence electrons. The van der Waals surface area contributed by atoms with Crippen molar-refractivity contribution < 1.29 is 0 Å². The summed E-state index contributed by atoms with van der Waals surface area (Å²) in [5.41, 5.74) is 2.93. The van der Waals surface area contributed by atoms with Gasteiger partial charge in [-0.2, -0.15) is 0 Å². The van der Waals surface area contributed by atoms with Crippen LogP contribution in [-0.4, -0.2) is 0 Å². The van der Waals surface area contributed by atoms with Crippen LogP contribution in [-0.2, 0) is 0 Å². The molecular formula is C18H30. The van der Waals surface area contributed by atoms with Gasteiger partial charge in [0, 0.05) is 0 Å². The summed E-state index contributed by atoms with van der Waals surface area (Å²) in [5, 5.41) is 0. The van der Waals surface area contributed by atoms with Crippen LogP contribution in [0.3, 0.4) is 0 Å². The molecule has 1 rings (SSSR count). The van der Waals surface area contributed by atoms with E-state index >= 15 is 0 Å². The number of benzene rings is 1. The van der Waals surface area contributed by atoms with E-state index in [4.69, 9.17) is 0 Å². The molecule has 1 unspecified atom stereocenters. The lowest BCUT2D eigenvalue weighted by Crippen LogP contribution is -1.99. The molecule has 0 aliphatic carbocycles. The van der Waals surface area contributed by atoms with Crippen LogP contribution in [0.25, 0.3) is 0 Å². The van der Waals surface area contributed by atoms with E-state index in [0.717, 1.165) is 5.92 Å². The van der Waals surface area contributed by atoms with E-state index in [2.05, 4.69) is 45.0 Å². The van der Waals surface area contributed by atoms with Gasteiger partial charge in [0.05, 0.1) is 0 Å². The van der Waals surface area contributed by atoms with E-state index in [1.165, 1.54) is 56.9 Å². The Bertz CT molecular complexity index is 296. The zero-order chi connectivity index (χ0) is 13.2. The Hall–Kier alpha value is -0.780. The average molecular weight is 246 g/mol. The predicted molar refractivity (Wildman–Crippen MR) is 82.2 cm³/mol. The Kier molecular flexibility index (Phi) is 7.80. The van der Waals surface area contributed by atoms with Crippen LogP contribution >= 0.6 is 0 Å². The lowest BCUT2D eigenvalue weighted by atomic mass is 9.88. The molecule has 1 aromatic carbocycles. The third-order valence-electron chi connectivity index (χ3n) is 3.86. The van der Waals surface area contributed by atoms with Gasteiger partial charge in [0.2, 0.25) is 0 Å². The second-order valence-corrected chi connectivity index (χ2v) is 5.60. The van der Waals surface area contributed by atoms with Gasteiger partial charge in [0.1, 0.15) is 0 Å². The first kappa shape index (κ1) is 15.3. The monoisotopic (exact) mass is 246 g/mol. The van der Waals surface area contributed by atoms with E-state index in [0.29, 0.717) is 0 Å². The fraction of sp³-hybridized carbons (Fsp3) is 0.667. The van der Waals surface area contributed by atoms with Gasteiger partial charge in [-0.1, -0.05) is 82.2 Å². The van der Waals surface area contributed by atoms with Crippen molar-refractivity contribution in [1.29, 1.82) is 0 Å². The molecule has 0 fully saturated rings. The summed E-state index contributed by atoms with van der Waals surface area (Å²) in [7, 11) is 0.